The van der Waals surface area contributed by atoms with E-state index in [1.165, 1.54) is 6.07 Å². The minimum Gasteiger partial charge on any atom is -0.543 e. The Morgan fingerprint density at radius 1 is 1.26 bits per heavy atom. The summed E-state index contributed by atoms with van der Waals surface area (Å²) in [5.41, 5.74) is 1.22. The summed E-state index contributed by atoms with van der Waals surface area (Å²) in [4.78, 5) is 18.2. The zero-order chi connectivity index (χ0) is 13.1. The number of hydrogen-bond acceptors (Lipinski definition) is 5. The monoisotopic (exact) mass is 297 g/mol. The van der Waals surface area contributed by atoms with Gasteiger partial charge >= 0.3 is 51.4 Å². The third kappa shape index (κ3) is 4.08. The first-order chi connectivity index (χ1) is 8.60. The van der Waals surface area contributed by atoms with E-state index in [1.807, 2.05) is 6.07 Å². The molecule has 0 aliphatic heterocycles. The van der Waals surface area contributed by atoms with Gasteiger partial charge in [0.15, 0.2) is 0 Å². The van der Waals surface area contributed by atoms with Crippen LogP contribution in [0.2, 0.25) is 5.28 Å². The summed E-state index contributed by atoms with van der Waals surface area (Å²) in [5.74, 6) is -1.42. The predicted octanol–water partition coefficient (Wildman–Crippen LogP) is -1.96. The van der Waals surface area contributed by atoms with E-state index in [0.717, 1.165) is 0 Å². The molecule has 0 aliphatic carbocycles. The quantitative estimate of drug-likeness (QED) is 0.474. The molecule has 19 heavy (non-hydrogen) atoms. The Labute approximate surface area is 156 Å². The van der Waals surface area contributed by atoms with Crippen LogP contribution in [-0.2, 0) is 0 Å². The fourth-order valence-electron chi connectivity index (χ4n) is 1.39. The number of hydrogen-bond donors (Lipinski definition) is 0. The molecule has 0 amide bonds. The van der Waals surface area contributed by atoms with Gasteiger partial charge in [-0.05, 0) is 29.8 Å². The second kappa shape index (κ2) is 7.10. The molecule has 0 unspecified atom stereocenters. The minimum atomic E-state index is -1.42. The summed E-state index contributed by atoms with van der Waals surface area (Å²) >= 11 is 5.64. The van der Waals surface area contributed by atoms with Crippen LogP contribution in [0.1, 0.15) is 16.1 Å². The summed E-state index contributed by atoms with van der Waals surface area (Å²) in [6.07, 6.45) is 0. The van der Waals surface area contributed by atoms with Crippen molar-refractivity contribution < 1.29 is 61.3 Å². The van der Waals surface area contributed by atoms with Gasteiger partial charge in [-0.25, -0.2) is 9.97 Å². The average Bonchev–Trinajstić information content (AvgIpc) is 2.38. The Morgan fingerprint density at radius 3 is 2.42 bits per heavy atom. The molecular weight excluding hydrogens is 293 g/mol. The second-order valence-corrected chi connectivity index (χ2v) is 3.72. The average molecular weight is 298 g/mol. The zero-order valence-corrected chi connectivity index (χ0v) is 13.8. The normalized spacial score (nSPS) is 9.26. The third-order valence-electron chi connectivity index (χ3n) is 2.22. The van der Waals surface area contributed by atoms with Crippen molar-refractivity contribution in [2.75, 3.05) is 0 Å². The van der Waals surface area contributed by atoms with Crippen molar-refractivity contribution in [3.8, 4) is 17.3 Å². The largest absolute Gasteiger partial charge is 1.00 e. The Kier molecular flexibility index (Phi) is 6.07. The van der Waals surface area contributed by atoms with Gasteiger partial charge in [-0.3, -0.25) is 0 Å². The fourth-order valence-corrected chi connectivity index (χ4v) is 1.57. The van der Waals surface area contributed by atoms with Gasteiger partial charge in [-0.15, -0.1) is 0 Å². The number of carbonyl (C=O) groups is 1. The zero-order valence-electron chi connectivity index (χ0n) is 9.92. The van der Waals surface area contributed by atoms with Crippen molar-refractivity contribution in [1.82, 2.24) is 9.97 Å². The summed E-state index contributed by atoms with van der Waals surface area (Å²) < 4.78 is 0. The van der Waals surface area contributed by atoms with Crippen LogP contribution in [0.4, 0.5) is 0 Å². The number of carboxylic acids is 1. The van der Waals surface area contributed by atoms with Crippen LogP contribution in [0.5, 0.6) is 0 Å². The number of aromatic nitrogens is 2. The maximum Gasteiger partial charge on any atom is 1.00 e. The molecule has 0 saturated heterocycles. The van der Waals surface area contributed by atoms with E-state index in [4.69, 9.17) is 16.9 Å². The molecule has 7 heteroatoms. The molecule has 0 fully saturated rings. The van der Waals surface area contributed by atoms with Gasteiger partial charge in [0.1, 0.15) is 0 Å². The van der Waals surface area contributed by atoms with E-state index in [-0.39, 0.29) is 62.4 Å². The fraction of sp³-hybridized carbons (Fsp3) is 0. The summed E-state index contributed by atoms with van der Waals surface area (Å²) in [5, 5.41) is 19.2. The number of rotatable bonds is 2. The van der Waals surface area contributed by atoms with Gasteiger partial charge in [0.25, 0.3) is 0 Å². The van der Waals surface area contributed by atoms with Crippen molar-refractivity contribution in [1.29, 1.82) is 5.26 Å². The van der Waals surface area contributed by atoms with E-state index >= 15 is 0 Å². The molecule has 5 nitrogen and oxygen atoms in total. The molecule has 0 saturated carbocycles. The summed E-state index contributed by atoms with van der Waals surface area (Å²) in [7, 11) is 0. The molecular formula is C12H5ClKN3O2. The topological polar surface area (TPSA) is 89.7 Å². The van der Waals surface area contributed by atoms with Gasteiger partial charge < -0.3 is 9.90 Å². The summed E-state index contributed by atoms with van der Waals surface area (Å²) in [6, 6.07) is 9.75. The van der Waals surface area contributed by atoms with E-state index in [9.17, 15) is 9.90 Å². The van der Waals surface area contributed by atoms with Crippen molar-refractivity contribution in [3.05, 3.63) is 46.9 Å². The number of nitriles is 1. The standard InChI is InChI=1S/C12H6ClN3O2.K/c13-12-15-9(5-10(16-12)11(17)18)8-3-1-7(6-14)2-4-8;/h1-5H,(H,17,18);/q;+1/p-1. The van der Waals surface area contributed by atoms with Crippen molar-refractivity contribution in [2.45, 2.75) is 0 Å². The molecule has 0 N–H and O–H groups in total. The van der Waals surface area contributed by atoms with Crippen molar-refractivity contribution in [3.63, 3.8) is 0 Å². The number of nitrogens with zero attached hydrogens (tertiary/aromatic N) is 3. The second-order valence-electron chi connectivity index (χ2n) is 3.38. The first-order valence-electron chi connectivity index (χ1n) is 4.86. The third-order valence-corrected chi connectivity index (χ3v) is 2.39. The van der Waals surface area contributed by atoms with Gasteiger partial charge in [0.05, 0.1) is 29.0 Å². The SMILES string of the molecule is N#Cc1ccc(-c2cc(C(=O)[O-])nc(Cl)n2)cc1.[K+]. The summed E-state index contributed by atoms with van der Waals surface area (Å²) in [6.45, 7) is 0. The number of halogens is 1. The first-order valence-corrected chi connectivity index (χ1v) is 5.24. The Morgan fingerprint density at radius 2 is 1.89 bits per heavy atom. The molecule has 0 aliphatic rings. The first kappa shape index (κ1) is 16.2. The maximum absolute atomic E-state index is 10.7. The van der Waals surface area contributed by atoms with E-state index in [0.29, 0.717) is 16.8 Å². The molecule has 0 atom stereocenters. The van der Waals surface area contributed by atoms with Gasteiger partial charge in [-0.1, -0.05) is 12.1 Å². The molecule has 0 radical (unpaired) electrons. The number of carboxylic acid groups (broad SMARTS) is 1. The predicted molar refractivity (Wildman–Crippen MR) is 61.5 cm³/mol. The van der Waals surface area contributed by atoms with Crippen molar-refractivity contribution in [2.24, 2.45) is 0 Å². The Hall–Kier alpha value is -0.814. The van der Waals surface area contributed by atoms with Crippen LogP contribution in [0.25, 0.3) is 11.3 Å². The van der Waals surface area contributed by atoms with Crippen LogP contribution >= 0.6 is 11.6 Å². The van der Waals surface area contributed by atoms with E-state index in [1.54, 1.807) is 24.3 Å². The number of aromatic carboxylic acids is 1. The van der Waals surface area contributed by atoms with Crippen molar-refractivity contribution >= 4 is 17.6 Å². The van der Waals surface area contributed by atoms with Gasteiger partial charge in [0, 0.05) is 5.56 Å². The van der Waals surface area contributed by atoms with Crippen LogP contribution in [0.15, 0.2) is 30.3 Å². The maximum atomic E-state index is 10.7. The molecule has 0 bridgehead atoms. The van der Waals surface area contributed by atoms with Crippen LogP contribution in [0, 0.1) is 11.3 Å². The Balaban J connectivity index is 0.00000180. The Bertz CT molecular complexity index is 653. The van der Waals surface area contributed by atoms with Gasteiger partial charge in [0.2, 0.25) is 5.28 Å². The molecule has 88 valence electrons. The number of benzene rings is 1. The van der Waals surface area contributed by atoms with E-state index in [2.05, 4.69) is 9.97 Å². The minimum absolute atomic E-state index is 0. The molecule has 1 aromatic carbocycles. The van der Waals surface area contributed by atoms with Crippen LogP contribution < -0.4 is 56.5 Å². The molecule has 2 rings (SSSR count). The van der Waals surface area contributed by atoms with Crippen LogP contribution in [0.3, 0.4) is 0 Å². The molecule has 1 heterocycles. The van der Waals surface area contributed by atoms with Gasteiger partial charge in [-0.2, -0.15) is 5.26 Å². The van der Waals surface area contributed by atoms with E-state index < -0.39 is 5.97 Å². The molecule has 1 aromatic heterocycles. The molecule has 2 aromatic rings. The van der Waals surface area contributed by atoms with Crippen LogP contribution in [-0.4, -0.2) is 15.9 Å². The molecule has 0 spiro atoms. The number of carbonyl (C=O) groups excluding carboxylic acids is 1. The smallest absolute Gasteiger partial charge is 0.543 e.